The van der Waals surface area contributed by atoms with E-state index in [0.717, 1.165) is 16.8 Å². The number of phenolic OH excluding ortho intramolecular Hbond substituents is 1. The molecule has 0 saturated carbocycles. The topological polar surface area (TPSA) is 92.7 Å². The molecule has 0 amide bonds. The van der Waals surface area contributed by atoms with Gasteiger partial charge < -0.3 is 20.3 Å². The lowest BCUT2D eigenvalue weighted by Crippen LogP contribution is -2.32. The van der Waals surface area contributed by atoms with E-state index in [1.54, 1.807) is 31.4 Å². The summed E-state index contributed by atoms with van der Waals surface area (Å²) in [7, 11) is 3.22. The van der Waals surface area contributed by atoms with Gasteiger partial charge >= 0.3 is 0 Å². The Balaban J connectivity index is 1.78. The molecule has 142 valence electrons. The number of hydrogen-bond donors (Lipinski definition) is 2. The maximum absolute atomic E-state index is 10.1. The maximum atomic E-state index is 10.1. The van der Waals surface area contributed by atoms with Crippen molar-refractivity contribution in [2.75, 3.05) is 20.8 Å². The van der Waals surface area contributed by atoms with Gasteiger partial charge in [-0.1, -0.05) is 19.1 Å². The van der Waals surface area contributed by atoms with Crippen LogP contribution in [0.5, 0.6) is 17.2 Å². The van der Waals surface area contributed by atoms with Crippen LogP contribution in [-0.2, 0) is 6.54 Å². The van der Waals surface area contributed by atoms with Gasteiger partial charge in [-0.2, -0.15) is 5.10 Å². The molecule has 7 nitrogen and oxygen atoms in total. The van der Waals surface area contributed by atoms with Crippen molar-refractivity contribution in [3.63, 3.8) is 0 Å². The fraction of sp³-hybridized carbons (Fsp3) is 0.300. The number of rotatable bonds is 5. The Morgan fingerprint density at radius 2 is 1.89 bits per heavy atom. The molecule has 0 radical (unpaired) electrons. The van der Waals surface area contributed by atoms with Crippen LogP contribution in [0.3, 0.4) is 0 Å². The number of nitrogens with zero attached hydrogens (tertiary/aromatic N) is 3. The number of guanidine groups is 1. The summed E-state index contributed by atoms with van der Waals surface area (Å²) in [5.74, 6) is 2.07. The summed E-state index contributed by atoms with van der Waals surface area (Å²) in [5, 5.41) is 16.3. The summed E-state index contributed by atoms with van der Waals surface area (Å²) in [6.45, 7) is 3.04. The van der Waals surface area contributed by atoms with Gasteiger partial charge in [0, 0.05) is 17.5 Å². The average molecular weight is 368 g/mol. The fourth-order valence-electron chi connectivity index (χ4n) is 2.98. The lowest BCUT2D eigenvalue weighted by molar-refractivity contribution is 0.393. The maximum Gasteiger partial charge on any atom is 0.212 e. The molecule has 1 unspecified atom stereocenters. The second-order valence-electron chi connectivity index (χ2n) is 6.38. The van der Waals surface area contributed by atoms with Gasteiger partial charge in [-0.15, -0.1) is 0 Å². The van der Waals surface area contributed by atoms with Crippen LogP contribution in [0.2, 0.25) is 0 Å². The molecule has 1 aliphatic rings. The first-order valence-electron chi connectivity index (χ1n) is 8.68. The molecule has 0 spiro atoms. The quantitative estimate of drug-likeness (QED) is 0.625. The Hall–Kier alpha value is -3.22. The monoisotopic (exact) mass is 368 g/mol. The SMILES string of the molecule is COc1cc(CN=C(N)N2CC(C)C(c3ccccc3O)=N2)cc(OC)c1. The smallest absolute Gasteiger partial charge is 0.212 e. The summed E-state index contributed by atoms with van der Waals surface area (Å²) in [4.78, 5) is 4.45. The summed E-state index contributed by atoms with van der Waals surface area (Å²) in [6.07, 6.45) is 0. The molecule has 3 rings (SSSR count). The largest absolute Gasteiger partial charge is 0.507 e. The molecule has 27 heavy (non-hydrogen) atoms. The van der Waals surface area contributed by atoms with Crippen molar-refractivity contribution in [2.45, 2.75) is 13.5 Å². The number of para-hydroxylation sites is 1. The van der Waals surface area contributed by atoms with Crippen molar-refractivity contribution < 1.29 is 14.6 Å². The van der Waals surface area contributed by atoms with Gasteiger partial charge in [-0.05, 0) is 29.8 Å². The summed E-state index contributed by atoms with van der Waals surface area (Å²) >= 11 is 0. The van der Waals surface area contributed by atoms with Crippen molar-refractivity contribution in [1.82, 2.24) is 5.01 Å². The van der Waals surface area contributed by atoms with Crippen molar-refractivity contribution in [2.24, 2.45) is 21.7 Å². The molecular formula is C20H24N4O3. The van der Waals surface area contributed by atoms with Crippen molar-refractivity contribution in [3.05, 3.63) is 53.6 Å². The standard InChI is InChI=1S/C20H24N4O3/c1-13-12-24(23-19(13)17-6-4-5-7-18(17)25)20(21)22-11-14-8-15(26-2)10-16(9-14)27-3/h4-10,13,25H,11-12H2,1-3H3,(H2,21,22). The third-order valence-corrected chi connectivity index (χ3v) is 4.42. The van der Waals surface area contributed by atoms with Gasteiger partial charge in [0.25, 0.3) is 0 Å². The van der Waals surface area contributed by atoms with Crippen LogP contribution in [0.4, 0.5) is 0 Å². The van der Waals surface area contributed by atoms with E-state index in [1.807, 2.05) is 37.3 Å². The van der Waals surface area contributed by atoms with E-state index in [4.69, 9.17) is 15.2 Å². The number of hydrogen-bond acceptors (Lipinski definition) is 5. The third-order valence-electron chi connectivity index (χ3n) is 4.42. The lowest BCUT2D eigenvalue weighted by Gasteiger charge is -2.13. The molecule has 0 bridgehead atoms. The number of benzene rings is 2. The molecule has 1 heterocycles. The third kappa shape index (κ3) is 4.13. The van der Waals surface area contributed by atoms with E-state index in [2.05, 4.69) is 10.1 Å². The molecule has 0 aromatic heterocycles. The van der Waals surface area contributed by atoms with Gasteiger partial charge in [0.1, 0.15) is 17.2 Å². The minimum absolute atomic E-state index is 0.129. The zero-order valence-corrected chi connectivity index (χ0v) is 15.7. The Labute approximate surface area is 158 Å². The Bertz CT molecular complexity index is 857. The lowest BCUT2D eigenvalue weighted by atomic mass is 9.99. The molecule has 0 aliphatic carbocycles. The fourth-order valence-corrected chi connectivity index (χ4v) is 2.98. The van der Waals surface area contributed by atoms with Crippen LogP contribution in [0.15, 0.2) is 52.6 Å². The van der Waals surface area contributed by atoms with E-state index in [-0.39, 0.29) is 11.7 Å². The van der Waals surface area contributed by atoms with Crippen LogP contribution in [0.1, 0.15) is 18.1 Å². The van der Waals surface area contributed by atoms with E-state index in [9.17, 15) is 5.11 Å². The molecular weight excluding hydrogens is 344 g/mol. The number of nitrogens with two attached hydrogens (primary N) is 1. The number of hydrazone groups is 1. The summed E-state index contributed by atoms with van der Waals surface area (Å²) in [5.41, 5.74) is 8.60. The van der Waals surface area contributed by atoms with Gasteiger partial charge in [-0.25, -0.2) is 10.0 Å². The number of aromatic hydroxyl groups is 1. The normalized spacial score (nSPS) is 17.0. The molecule has 2 aromatic carbocycles. The number of aliphatic imine (C=N–C) groups is 1. The van der Waals surface area contributed by atoms with Crippen molar-refractivity contribution in [1.29, 1.82) is 0 Å². The van der Waals surface area contributed by atoms with Crippen LogP contribution in [-0.4, -0.2) is 42.6 Å². The molecule has 1 atom stereocenters. The van der Waals surface area contributed by atoms with Crippen molar-refractivity contribution in [3.8, 4) is 17.2 Å². The first-order chi connectivity index (χ1) is 13.0. The Morgan fingerprint density at radius 1 is 1.22 bits per heavy atom. The van der Waals surface area contributed by atoms with Gasteiger partial charge in [0.2, 0.25) is 5.96 Å². The first-order valence-corrected chi connectivity index (χ1v) is 8.68. The summed E-state index contributed by atoms with van der Waals surface area (Å²) < 4.78 is 10.6. The minimum Gasteiger partial charge on any atom is -0.507 e. The predicted molar refractivity (Wildman–Crippen MR) is 105 cm³/mol. The molecule has 1 aliphatic heterocycles. The van der Waals surface area contributed by atoms with Gasteiger partial charge in [0.15, 0.2) is 0 Å². The first kappa shape index (κ1) is 18.6. The van der Waals surface area contributed by atoms with E-state index < -0.39 is 0 Å². The molecule has 3 N–H and O–H groups in total. The van der Waals surface area contributed by atoms with Crippen molar-refractivity contribution >= 4 is 11.7 Å². The van der Waals surface area contributed by atoms with Crippen LogP contribution in [0, 0.1) is 5.92 Å². The van der Waals surface area contributed by atoms with Gasteiger partial charge in [0.05, 0.1) is 33.0 Å². The predicted octanol–water partition coefficient (Wildman–Crippen LogP) is 2.58. The number of phenols is 1. The highest BCUT2D eigenvalue weighted by molar-refractivity contribution is 6.06. The van der Waals surface area contributed by atoms with Crippen LogP contribution < -0.4 is 15.2 Å². The molecule has 0 fully saturated rings. The highest BCUT2D eigenvalue weighted by Gasteiger charge is 2.27. The summed E-state index contributed by atoms with van der Waals surface area (Å²) in [6, 6.07) is 12.8. The number of methoxy groups -OCH3 is 2. The highest BCUT2D eigenvalue weighted by Crippen LogP contribution is 2.26. The van der Waals surface area contributed by atoms with E-state index in [1.165, 1.54) is 0 Å². The van der Waals surface area contributed by atoms with Crippen LogP contribution >= 0.6 is 0 Å². The minimum atomic E-state index is 0.129. The van der Waals surface area contributed by atoms with E-state index >= 15 is 0 Å². The zero-order chi connectivity index (χ0) is 19.4. The average Bonchev–Trinajstić information content (AvgIpc) is 3.07. The number of ether oxygens (including phenoxy) is 2. The van der Waals surface area contributed by atoms with E-state index in [0.29, 0.717) is 30.5 Å². The Morgan fingerprint density at radius 3 is 2.52 bits per heavy atom. The highest BCUT2D eigenvalue weighted by atomic mass is 16.5. The molecule has 0 saturated heterocycles. The molecule has 2 aromatic rings. The molecule has 7 heteroatoms. The van der Waals surface area contributed by atoms with Gasteiger partial charge in [-0.3, -0.25) is 0 Å². The second-order valence-corrected chi connectivity index (χ2v) is 6.38. The second kappa shape index (κ2) is 7.99. The zero-order valence-electron chi connectivity index (χ0n) is 15.7. The Kier molecular flexibility index (Phi) is 5.49. The van der Waals surface area contributed by atoms with Crippen LogP contribution in [0.25, 0.3) is 0 Å².